The van der Waals surface area contributed by atoms with Crippen molar-refractivity contribution in [2.75, 3.05) is 14.2 Å². The van der Waals surface area contributed by atoms with Crippen LogP contribution < -0.4 is 0 Å². The highest BCUT2D eigenvalue weighted by molar-refractivity contribution is 6.31. The number of benzene rings is 2. The summed E-state index contributed by atoms with van der Waals surface area (Å²) in [5.74, 6) is 0. The average Bonchev–Trinajstić information content (AvgIpc) is 2.74. The summed E-state index contributed by atoms with van der Waals surface area (Å²) in [6.45, 7) is 3.26. The van der Waals surface area contributed by atoms with Gasteiger partial charge in [0, 0.05) is 10.0 Å². The van der Waals surface area contributed by atoms with Crippen LogP contribution in [-0.2, 0) is 20.5 Å². The number of hydrogen-bond donors (Lipinski definition) is 0. The van der Waals surface area contributed by atoms with Gasteiger partial charge in [-0.3, -0.25) is 0 Å². The van der Waals surface area contributed by atoms with Gasteiger partial charge in [0.15, 0.2) is 10.8 Å². The number of nitriles is 2. The van der Waals surface area contributed by atoms with Gasteiger partial charge in [-0.2, -0.15) is 10.5 Å². The molecule has 0 spiro atoms. The third-order valence-corrected chi connectivity index (χ3v) is 5.50. The summed E-state index contributed by atoms with van der Waals surface area (Å²) in [5, 5.41) is 30.3. The van der Waals surface area contributed by atoms with Gasteiger partial charge in [-0.05, 0) is 49.2 Å². The van der Waals surface area contributed by atoms with Crippen LogP contribution in [0.15, 0.2) is 58.8 Å². The molecule has 2 aromatic rings. The predicted octanol–water partition coefficient (Wildman–Crippen LogP) is 5.26. The highest BCUT2D eigenvalue weighted by atomic mass is 35.5. The zero-order chi connectivity index (χ0) is 22.4. The molecular weight excluding hydrogens is 423 g/mol. The Balaban J connectivity index is 3.10. The Labute approximate surface area is 185 Å². The summed E-state index contributed by atoms with van der Waals surface area (Å²) >= 11 is 12.2. The van der Waals surface area contributed by atoms with Crippen molar-refractivity contribution in [3.8, 4) is 12.1 Å². The fraction of sp³-hybridized carbons (Fsp3) is 0.273. The zero-order valence-electron chi connectivity index (χ0n) is 17.0. The quantitative estimate of drug-likeness (QED) is 0.431. The van der Waals surface area contributed by atoms with Gasteiger partial charge in [0.25, 0.3) is 0 Å². The Hall–Kier alpha value is -3.06. The lowest BCUT2D eigenvalue weighted by Gasteiger charge is -2.41. The lowest BCUT2D eigenvalue weighted by molar-refractivity contribution is 0.206. The molecule has 0 N–H and O–H groups in total. The normalized spacial score (nSPS) is 15.9. The molecule has 0 saturated heterocycles. The first-order valence-electron chi connectivity index (χ1n) is 8.85. The summed E-state index contributed by atoms with van der Waals surface area (Å²) in [5.41, 5.74) is -1.73. The Bertz CT molecular complexity index is 951. The van der Waals surface area contributed by atoms with Gasteiger partial charge in [-0.1, -0.05) is 57.8 Å². The fourth-order valence-corrected chi connectivity index (χ4v) is 3.91. The van der Waals surface area contributed by atoms with Crippen LogP contribution in [0.5, 0.6) is 0 Å². The molecule has 0 bridgehead atoms. The van der Waals surface area contributed by atoms with Crippen molar-refractivity contribution >= 4 is 34.6 Å². The van der Waals surface area contributed by atoms with Crippen molar-refractivity contribution in [1.82, 2.24) is 0 Å². The van der Waals surface area contributed by atoms with Gasteiger partial charge in [-0.15, -0.1) is 0 Å². The zero-order valence-corrected chi connectivity index (χ0v) is 18.5. The molecule has 8 heteroatoms. The van der Waals surface area contributed by atoms with Gasteiger partial charge in [-0.25, -0.2) is 0 Å². The van der Waals surface area contributed by atoms with Crippen molar-refractivity contribution in [1.29, 1.82) is 10.5 Å². The van der Waals surface area contributed by atoms with Crippen molar-refractivity contribution in [2.45, 2.75) is 24.7 Å². The number of oxime groups is 2. The molecule has 0 aromatic heterocycles. The molecule has 0 radical (unpaired) electrons. The molecular formula is C22H20Cl2N4O2. The molecule has 6 nitrogen and oxygen atoms in total. The van der Waals surface area contributed by atoms with E-state index in [1.165, 1.54) is 14.2 Å². The van der Waals surface area contributed by atoms with E-state index >= 15 is 0 Å². The van der Waals surface area contributed by atoms with E-state index in [1.807, 2.05) is 0 Å². The summed E-state index contributed by atoms with van der Waals surface area (Å²) in [4.78, 5) is 10.0. The maximum Gasteiger partial charge on any atom is 0.151 e. The van der Waals surface area contributed by atoms with Gasteiger partial charge in [0.05, 0.1) is 23.6 Å². The standard InChI is InChI=1S/C22H20Cl2N4O2/c1-15(27-29-3)21(13-25,17-5-9-19(23)10-6-17)22(14-26,16(2)28-30-4)18-7-11-20(24)12-8-18/h5-12H,1-4H3/b27-15+,28-16+/t21-,22-/m1/s1. The molecule has 154 valence electrons. The topological polar surface area (TPSA) is 90.8 Å². The third-order valence-electron chi connectivity index (χ3n) is 4.99. The SMILES string of the molecule is CO/N=C(\C)[C@](C#N)(c1ccc(Cl)cc1)[C@](C#N)(/C(C)=N/OC)c1ccc(Cl)cc1. The van der Waals surface area contributed by atoms with Gasteiger partial charge in [0.2, 0.25) is 0 Å². The largest absolute Gasteiger partial charge is 0.399 e. The van der Waals surface area contributed by atoms with Crippen LogP contribution in [0.3, 0.4) is 0 Å². The second-order valence-corrected chi connectivity index (χ2v) is 7.33. The second kappa shape index (κ2) is 9.63. The molecule has 0 amide bonds. The van der Waals surface area contributed by atoms with Crippen molar-refractivity contribution in [3.63, 3.8) is 0 Å². The molecule has 0 fully saturated rings. The summed E-state index contributed by atoms with van der Waals surface area (Å²) in [6, 6.07) is 18.0. The fourth-order valence-electron chi connectivity index (χ4n) is 3.66. The van der Waals surface area contributed by atoms with E-state index in [2.05, 4.69) is 22.4 Å². The van der Waals surface area contributed by atoms with Crippen LogP contribution in [0.1, 0.15) is 25.0 Å². The minimum atomic E-state index is -1.62. The Morgan fingerprint density at radius 1 is 0.733 bits per heavy atom. The van der Waals surface area contributed by atoms with E-state index in [-0.39, 0.29) is 11.4 Å². The summed E-state index contributed by atoms with van der Waals surface area (Å²) in [6.07, 6.45) is 0. The maximum absolute atomic E-state index is 10.6. The van der Waals surface area contributed by atoms with Crippen molar-refractivity contribution in [2.24, 2.45) is 10.3 Å². The number of rotatable bonds is 7. The predicted molar refractivity (Wildman–Crippen MR) is 118 cm³/mol. The van der Waals surface area contributed by atoms with Crippen LogP contribution in [0.25, 0.3) is 0 Å². The Morgan fingerprint density at radius 3 is 1.27 bits per heavy atom. The van der Waals surface area contributed by atoms with Gasteiger partial charge >= 0.3 is 0 Å². The molecule has 0 aliphatic rings. The van der Waals surface area contributed by atoms with E-state index in [0.717, 1.165) is 0 Å². The highest BCUT2D eigenvalue weighted by Gasteiger charge is 2.60. The van der Waals surface area contributed by atoms with Crippen LogP contribution in [0.2, 0.25) is 10.0 Å². The number of hydrogen-bond acceptors (Lipinski definition) is 6. The second-order valence-electron chi connectivity index (χ2n) is 6.46. The van der Waals surface area contributed by atoms with Crippen molar-refractivity contribution < 1.29 is 9.68 Å². The molecule has 2 rings (SSSR count). The molecule has 0 saturated carbocycles. The molecule has 0 aliphatic heterocycles. The summed E-state index contributed by atoms with van der Waals surface area (Å²) < 4.78 is 0. The van der Waals surface area contributed by atoms with E-state index < -0.39 is 10.8 Å². The molecule has 2 atom stereocenters. The van der Waals surface area contributed by atoms with Crippen LogP contribution in [0, 0.1) is 22.7 Å². The molecule has 0 heterocycles. The lowest BCUT2D eigenvalue weighted by Crippen LogP contribution is -2.56. The maximum atomic E-state index is 10.6. The molecule has 0 aliphatic carbocycles. The van der Waals surface area contributed by atoms with E-state index in [1.54, 1.807) is 62.4 Å². The average molecular weight is 443 g/mol. The third kappa shape index (κ3) is 3.73. The molecule has 2 aromatic carbocycles. The first-order valence-corrected chi connectivity index (χ1v) is 9.60. The van der Waals surface area contributed by atoms with Crippen LogP contribution in [-0.4, -0.2) is 25.6 Å². The van der Waals surface area contributed by atoms with Crippen LogP contribution in [0.4, 0.5) is 0 Å². The van der Waals surface area contributed by atoms with Gasteiger partial charge in [0.1, 0.15) is 14.2 Å². The van der Waals surface area contributed by atoms with Gasteiger partial charge < -0.3 is 9.68 Å². The highest BCUT2D eigenvalue weighted by Crippen LogP contribution is 2.47. The van der Waals surface area contributed by atoms with E-state index in [0.29, 0.717) is 21.2 Å². The minimum absolute atomic E-state index is 0.261. The van der Waals surface area contributed by atoms with Crippen LogP contribution >= 0.6 is 23.2 Å². The Kier molecular flexibility index (Phi) is 7.45. The van der Waals surface area contributed by atoms with E-state index in [9.17, 15) is 10.5 Å². The lowest BCUT2D eigenvalue weighted by atomic mass is 9.54. The Morgan fingerprint density at radius 2 is 1.03 bits per heavy atom. The molecule has 30 heavy (non-hydrogen) atoms. The first kappa shape index (κ1) is 23.2. The minimum Gasteiger partial charge on any atom is -0.399 e. The van der Waals surface area contributed by atoms with E-state index in [4.69, 9.17) is 32.9 Å². The smallest absolute Gasteiger partial charge is 0.151 e. The monoisotopic (exact) mass is 442 g/mol. The first-order chi connectivity index (χ1) is 14.3. The number of halogens is 2. The molecule has 0 unspecified atom stereocenters. The number of nitrogens with zero attached hydrogens (tertiary/aromatic N) is 4. The van der Waals surface area contributed by atoms with Crippen molar-refractivity contribution in [3.05, 3.63) is 69.7 Å². The summed E-state index contributed by atoms with van der Waals surface area (Å²) in [7, 11) is 2.75.